The highest BCUT2D eigenvalue weighted by Crippen LogP contribution is 2.11. The molecule has 19 heavy (non-hydrogen) atoms. The van der Waals surface area contributed by atoms with Crippen molar-refractivity contribution in [1.29, 1.82) is 0 Å². The summed E-state index contributed by atoms with van der Waals surface area (Å²) in [6, 6.07) is 7.41. The fraction of sp³-hybridized carbons (Fsp3) is 0.286. The van der Waals surface area contributed by atoms with E-state index in [0.29, 0.717) is 5.56 Å². The molecule has 0 spiro atoms. The van der Waals surface area contributed by atoms with Crippen LogP contribution in [-0.4, -0.2) is 18.1 Å². The molecule has 1 aromatic heterocycles. The second-order valence-electron chi connectivity index (χ2n) is 4.14. The number of nitrogens with one attached hydrogen (secondary N) is 1. The van der Waals surface area contributed by atoms with Crippen molar-refractivity contribution in [2.24, 2.45) is 0 Å². The highest BCUT2D eigenvalue weighted by molar-refractivity contribution is 7.11. The van der Waals surface area contributed by atoms with Crippen molar-refractivity contribution in [3.63, 3.8) is 0 Å². The maximum Gasteiger partial charge on any atom is 0.337 e. The molecule has 2 aromatic rings. The van der Waals surface area contributed by atoms with Crippen LogP contribution in [0, 0.1) is 6.92 Å². The van der Waals surface area contributed by atoms with Crippen LogP contribution >= 0.6 is 11.3 Å². The monoisotopic (exact) mass is 276 g/mol. The summed E-state index contributed by atoms with van der Waals surface area (Å²) in [5.41, 5.74) is 1.71. The Labute approximate surface area is 116 Å². The van der Waals surface area contributed by atoms with Gasteiger partial charge in [0, 0.05) is 24.2 Å². The van der Waals surface area contributed by atoms with Gasteiger partial charge in [0.05, 0.1) is 17.7 Å². The molecule has 1 N–H and O–H groups in total. The Bertz CT molecular complexity index is 549. The third-order valence-electron chi connectivity index (χ3n) is 2.67. The Morgan fingerprint density at radius 3 is 2.63 bits per heavy atom. The number of thiazole rings is 1. The number of carbonyl (C=O) groups excluding carboxylic acids is 1. The van der Waals surface area contributed by atoms with E-state index < -0.39 is 0 Å². The third-order valence-corrected chi connectivity index (χ3v) is 3.59. The number of hydrogen-bond donors (Lipinski definition) is 1. The van der Waals surface area contributed by atoms with E-state index >= 15 is 0 Å². The normalized spacial score (nSPS) is 10.4. The molecule has 0 aliphatic heterocycles. The van der Waals surface area contributed by atoms with Crippen molar-refractivity contribution in [3.05, 3.63) is 51.5 Å². The molecule has 4 nitrogen and oxygen atoms in total. The van der Waals surface area contributed by atoms with Crippen molar-refractivity contribution >= 4 is 17.3 Å². The first kappa shape index (κ1) is 13.7. The molecule has 0 fully saturated rings. The van der Waals surface area contributed by atoms with E-state index in [4.69, 9.17) is 0 Å². The van der Waals surface area contributed by atoms with Crippen molar-refractivity contribution in [1.82, 2.24) is 10.3 Å². The smallest absolute Gasteiger partial charge is 0.337 e. The lowest BCUT2D eigenvalue weighted by Gasteiger charge is -2.04. The van der Waals surface area contributed by atoms with Gasteiger partial charge in [-0.2, -0.15) is 0 Å². The minimum absolute atomic E-state index is 0.306. The SMILES string of the molecule is COC(=O)c1ccc(CNCc2cnc(C)s2)cc1. The molecule has 0 amide bonds. The molecule has 0 saturated carbocycles. The summed E-state index contributed by atoms with van der Waals surface area (Å²) in [5, 5.41) is 4.43. The summed E-state index contributed by atoms with van der Waals surface area (Å²) < 4.78 is 4.66. The van der Waals surface area contributed by atoms with Gasteiger partial charge in [0.15, 0.2) is 0 Å². The summed E-state index contributed by atoms with van der Waals surface area (Å²) >= 11 is 1.70. The zero-order chi connectivity index (χ0) is 13.7. The molecule has 5 heteroatoms. The molecule has 0 aliphatic carbocycles. The van der Waals surface area contributed by atoms with E-state index in [1.807, 2.05) is 25.3 Å². The molecule has 100 valence electrons. The first-order valence-electron chi connectivity index (χ1n) is 5.98. The molecule has 0 saturated heterocycles. The second-order valence-corrected chi connectivity index (χ2v) is 5.46. The molecular weight excluding hydrogens is 260 g/mol. The fourth-order valence-electron chi connectivity index (χ4n) is 1.69. The van der Waals surface area contributed by atoms with Gasteiger partial charge in [0.25, 0.3) is 0 Å². The Morgan fingerprint density at radius 1 is 1.32 bits per heavy atom. The van der Waals surface area contributed by atoms with E-state index in [-0.39, 0.29) is 5.97 Å². The van der Waals surface area contributed by atoms with Gasteiger partial charge in [-0.25, -0.2) is 9.78 Å². The number of esters is 1. The summed E-state index contributed by atoms with van der Waals surface area (Å²) in [4.78, 5) is 16.7. The summed E-state index contributed by atoms with van der Waals surface area (Å²) in [6.45, 7) is 3.57. The second kappa shape index (κ2) is 6.45. The molecular formula is C14H16N2O2S. The zero-order valence-electron chi connectivity index (χ0n) is 11.0. The first-order valence-corrected chi connectivity index (χ1v) is 6.80. The molecule has 1 aromatic carbocycles. The fourth-order valence-corrected chi connectivity index (χ4v) is 2.46. The van der Waals surface area contributed by atoms with Gasteiger partial charge in [-0.05, 0) is 24.6 Å². The van der Waals surface area contributed by atoms with Crippen LogP contribution < -0.4 is 5.32 Å². The number of ether oxygens (including phenoxy) is 1. The number of carbonyl (C=O) groups is 1. The predicted octanol–water partition coefficient (Wildman–Crippen LogP) is 2.53. The first-order chi connectivity index (χ1) is 9.19. The molecule has 0 atom stereocenters. The van der Waals surface area contributed by atoms with Gasteiger partial charge in [-0.1, -0.05) is 12.1 Å². The van der Waals surface area contributed by atoms with E-state index in [1.54, 1.807) is 23.5 Å². The maximum absolute atomic E-state index is 11.3. The van der Waals surface area contributed by atoms with Crippen molar-refractivity contribution in [2.75, 3.05) is 7.11 Å². The number of rotatable bonds is 5. The molecule has 0 radical (unpaired) electrons. The molecule has 0 bridgehead atoms. The average Bonchev–Trinajstić information content (AvgIpc) is 2.84. The van der Waals surface area contributed by atoms with E-state index in [2.05, 4.69) is 15.0 Å². The van der Waals surface area contributed by atoms with Crippen LogP contribution in [0.15, 0.2) is 30.5 Å². The largest absolute Gasteiger partial charge is 0.465 e. The summed E-state index contributed by atoms with van der Waals surface area (Å²) in [7, 11) is 1.38. The number of hydrogen-bond acceptors (Lipinski definition) is 5. The number of aromatic nitrogens is 1. The molecule has 0 unspecified atom stereocenters. The number of methoxy groups -OCH3 is 1. The summed E-state index contributed by atoms with van der Waals surface area (Å²) in [5.74, 6) is -0.306. The topological polar surface area (TPSA) is 51.2 Å². The minimum atomic E-state index is -0.306. The van der Waals surface area contributed by atoms with Gasteiger partial charge in [-0.3, -0.25) is 0 Å². The van der Waals surface area contributed by atoms with Gasteiger partial charge >= 0.3 is 5.97 Å². The quantitative estimate of drug-likeness (QED) is 0.853. The highest BCUT2D eigenvalue weighted by atomic mass is 32.1. The Kier molecular flexibility index (Phi) is 4.65. The van der Waals surface area contributed by atoms with Gasteiger partial charge in [0.2, 0.25) is 0 Å². The highest BCUT2D eigenvalue weighted by Gasteiger charge is 2.04. The maximum atomic E-state index is 11.3. The lowest BCUT2D eigenvalue weighted by molar-refractivity contribution is 0.0600. The molecule has 1 heterocycles. The Balaban J connectivity index is 1.84. The van der Waals surface area contributed by atoms with Crippen LogP contribution in [-0.2, 0) is 17.8 Å². The van der Waals surface area contributed by atoms with Crippen LogP contribution in [0.5, 0.6) is 0 Å². The van der Waals surface area contributed by atoms with Crippen LogP contribution in [0.2, 0.25) is 0 Å². The van der Waals surface area contributed by atoms with E-state index in [9.17, 15) is 4.79 Å². The van der Waals surface area contributed by atoms with Gasteiger partial charge in [-0.15, -0.1) is 11.3 Å². The van der Waals surface area contributed by atoms with Gasteiger partial charge in [0.1, 0.15) is 0 Å². The number of benzene rings is 1. The Hall–Kier alpha value is -1.72. The van der Waals surface area contributed by atoms with E-state index in [1.165, 1.54) is 12.0 Å². The Morgan fingerprint density at radius 2 is 2.05 bits per heavy atom. The zero-order valence-corrected chi connectivity index (χ0v) is 11.8. The third kappa shape index (κ3) is 3.87. The molecule has 0 aliphatic rings. The van der Waals surface area contributed by atoms with Crippen LogP contribution in [0.3, 0.4) is 0 Å². The van der Waals surface area contributed by atoms with Crippen LogP contribution in [0.1, 0.15) is 25.8 Å². The molecule has 2 rings (SSSR count). The average molecular weight is 276 g/mol. The van der Waals surface area contributed by atoms with Gasteiger partial charge < -0.3 is 10.1 Å². The number of aryl methyl sites for hydroxylation is 1. The lowest BCUT2D eigenvalue weighted by Crippen LogP contribution is -2.12. The van der Waals surface area contributed by atoms with Crippen molar-refractivity contribution in [2.45, 2.75) is 20.0 Å². The summed E-state index contributed by atoms with van der Waals surface area (Å²) in [6.07, 6.45) is 1.90. The van der Waals surface area contributed by atoms with E-state index in [0.717, 1.165) is 23.7 Å². The van der Waals surface area contributed by atoms with Crippen LogP contribution in [0.25, 0.3) is 0 Å². The lowest BCUT2D eigenvalue weighted by atomic mass is 10.1. The minimum Gasteiger partial charge on any atom is -0.465 e. The number of nitrogens with zero attached hydrogens (tertiary/aromatic N) is 1. The predicted molar refractivity (Wildman–Crippen MR) is 75.2 cm³/mol. The standard InChI is InChI=1S/C14H16N2O2S/c1-10-16-9-13(19-10)8-15-7-11-3-5-12(6-4-11)14(17)18-2/h3-6,9,15H,7-8H2,1-2H3. The van der Waals surface area contributed by atoms with Crippen molar-refractivity contribution < 1.29 is 9.53 Å². The van der Waals surface area contributed by atoms with Crippen LogP contribution in [0.4, 0.5) is 0 Å². The van der Waals surface area contributed by atoms with Crippen molar-refractivity contribution in [3.8, 4) is 0 Å².